The van der Waals surface area contributed by atoms with E-state index in [2.05, 4.69) is 10.3 Å². The zero-order valence-corrected chi connectivity index (χ0v) is 20.7. The van der Waals surface area contributed by atoms with Crippen LogP contribution in [0.1, 0.15) is 52.2 Å². The number of nitrogens with one attached hydrogen (secondary N) is 1. The molecule has 1 aliphatic rings. The first-order valence-electron chi connectivity index (χ1n) is 11.6. The van der Waals surface area contributed by atoms with Crippen LogP contribution in [0.25, 0.3) is 22.3 Å². The third kappa shape index (κ3) is 4.70. The van der Waals surface area contributed by atoms with Crippen LogP contribution in [0, 0.1) is 11.7 Å². The van der Waals surface area contributed by atoms with Gasteiger partial charge in [-0.1, -0.05) is 35.9 Å². The first-order chi connectivity index (χ1) is 17.6. The summed E-state index contributed by atoms with van der Waals surface area (Å²) >= 11 is 5.85. The second kappa shape index (κ2) is 9.40. The molecule has 0 unspecified atom stereocenters. The number of fused-ring (bicyclic) bond motifs is 1. The third-order valence-electron chi connectivity index (χ3n) is 6.45. The first-order valence-corrected chi connectivity index (χ1v) is 12.0. The van der Waals surface area contributed by atoms with Crippen LogP contribution in [0.5, 0.6) is 0 Å². The average Bonchev–Trinajstić information content (AvgIpc) is 3.72. The summed E-state index contributed by atoms with van der Waals surface area (Å²) in [6.45, 7) is 1.70. The van der Waals surface area contributed by atoms with Gasteiger partial charge < -0.3 is 10.4 Å². The Hall–Kier alpha value is -4.11. The van der Waals surface area contributed by atoms with Crippen LogP contribution in [-0.2, 0) is 7.05 Å². The Labute approximate surface area is 215 Å². The molecule has 188 valence electrons. The normalized spacial score (nSPS) is 13.9. The number of carbonyl (C=O) groups excluding carboxylic acids is 1. The van der Waals surface area contributed by atoms with Crippen LogP contribution in [0.4, 0.5) is 10.1 Å². The number of hydrogen-bond acceptors (Lipinski definition) is 6. The summed E-state index contributed by atoms with van der Waals surface area (Å²) in [6, 6.07) is 11.6. The zero-order valence-electron chi connectivity index (χ0n) is 20.0. The number of pyridine rings is 1. The van der Waals surface area contributed by atoms with E-state index >= 15 is 0 Å². The molecule has 8 nitrogen and oxygen atoms in total. The molecule has 4 aromatic rings. The molecule has 10 heteroatoms. The number of benzene rings is 2. The third-order valence-corrected chi connectivity index (χ3v) is 6.66. The Morgan fingerprint density at radius 2 is 1.84 bits per heavy atom. The molecule has 37 heavy (non-hydrogen) atoms. The van der Waals surface area contributed by atoms with Crippen molar-refractivity contribution in [2.24, 2.45) is 13.0 Å². The lowest BCUT2D eigenvalue weighted by molar-refractivity contribution is 0.0691. The summed E-state index contributed by atoms with van der Waals surface area (Å²) in [6.07, 6.45) is 1.82. The van der Waals surface area contributed by atoms with Crippen molar-refractivity contribution in [3.8, 4) is 11.4 Å². The SMILES string of the molecule is C[C@@H](Nc1ccc(Cl)nc1C(=O)O)c1cc(F)cc2c(=O)n(C)c(-c3ccc(C(=O)C4CC4)cc3)nc12. The Bertz CT molecular complexity index is 1630. The topological polar surface area (TPSA) is 114 Å². The van der Waals surface area contributed by atoms with Crippen LogP contribution < -0.4 is 10.9 Å². The highest BCUT2D eigenvalue weighted by Gasteiger charge is 2.30. The van der Waals surface area contributed by atoms with Gasteiger partial charge in [0, 0.05) is 29.7 Å². The molecule has 2 aromatic carbocycles. The minimum Gasteiger partial charge on any atom is -0.476 e. The van der Waals surface area contributed by atoms with Gasteiger partial charge in [0.1, 0.15) is 16.8 Å². The molecule has 0 bridgehead atoms. The minimum atomic E-state index is -1.28. The fourth-order valence-electron chi connectivity index (χ4n) is 4.34. The molecule has 1 saturated carbocycles. The predicted molar refractivity (Wildman–Crippen MR) is 138 cm³/mol. The average molecular weight is 521 g/mol. The number of halogens is 2. The van der Waals surface area contributed by atoms with E-state index in [4.69, 9.17) is 16.6 Å². The van der Waals surface area contributed by atoms with Crippen molar-refractivity contribution in [3.63, 3.8) is 0 Å². The van der Waals surface area contributed by atoms with Gasteiger partial charge in [-0.15, -0.1) is 0 Å². The molecule has 2 N–H and O–H groups in total. The van der Waals surface area contributed by atoms with Gasteiger partial charge >= 0.3 is 5.97 Å². The molecule has 2 heterocycles. The lowest BCUT2D eigenvalue weighted by Gasteiger charge is -2.19. The summed E-state index contributed by atoms with van der Waals surface area (Å²) in [5, 5.41) is 12.6. The minimum absolute atomic E-state index is 0.0199. The van der Waals surface area contributed by atoms with Crippen LogP contribution in [0.2, 0.25) is 5.15 Å². The maximum Gasteiger partial charge on any atom is 0.356 e. The molecule has 0 radical (unpaired) electrons. The van der Waals surface area contributed by atoms with Gasteiger partial charge in [0.25, 0.3) is 5.56 Å². The molecule has 2 aromatic heterocycles. The number of nitrogens with zero attached hydrogens (tertiary/aromatic N) is 3. The van der Waals surface area contributed by atoms with E-state index in [1.807, 2.05) is 0 Å². The van der Waals surface area contributed by atoms with Crippen molar-refractivity contribution >= 4 is 39.9 Å². The van der Waals surface area contributed by atoms with Gasteiger partial charge in [-0.3, -0.25) is 14.2 Å². The monoisotopic (exact) mass is 520 g/mol. The fourth-order valence-corrected chi connectivity index (χ4v) is 4.49. The molecule has 0 aliphatic heterocycles. The Balaban J connectivity index is 1.59. The van der Waals surface area contributed by atoms with Crippen LogP contribution in [0.3, 0.4) is 0 Å². The summed E-state index contributed by atoms with van der Waals surface area (Å²) in [4.78, 5) is 45.8. The maximum absolute atomic E-state index is 14.6. The second-order valence-electron chi connectivity index (χ2n) is 9.11. The van der Waals surface area contributed by atoms with Crippen LogP contribution in [-0.4, -0.2) is 31.4 Å². The highest BCUT2D eigenvalue weighted by atomic mass is 35.5. The molecule has 5 rings (SSSR count). The lowest BCUT2D eigenvalue weighted by Crippen LogP contribution is -2.22. The molecule has 1 fully saturated rings. The summed E-state index contributed by atoms with van der Waals surface area (Å²) in [7, 11) is 1.55. The van der Waals surface area contributed by atoms with Gasteiger partial charge in [-0.25, -0.2) is 19.2 Å². The highest BCUT2D eigenvalue weighted by Crippen LogP contribution is 2.33. The van der Waals surface area contributed by atoms with Crippen molar-refractivity contribution in [2.75, 3.05) is 5.32 Å². The fraction of sp³-hybridized carbons (Fsp3) is 0.222. The molecular formula is C27H22ClFN4O4. The van der Waals surface area contributed by atoms with E-state index in [9.17, 15) is 23.9 Å². The summed E-state index contributed by atoms with van der Waals surface area (Å²) in [5.41, 5.74) is 1.33. The first kappa shape index (κ1) is 24.6. The number of rotatable bonds is 7. The number of carboxylic acids is 1. The number of anilines is 1. The van der Waals surface area contributed by atoms with E-state index < -0.39 is 23.4 Å². The molecule has 1 atom stereocenters. The number of Topliss-reactive ketones (excluding diaryl/α,β-unsaturated/α-hetero) is 1. The van der Waals surface area contributed by atoms with Crippen molar-refractivity contribution < 1.29 is 19.1 Å². The van der Waals surface area contributed by atoms with E-state index in [0.717, 1.165) is 18.9 Å². The number of ketones is 1. The second-order valence-corrected chi connectivity index (χ2v) is 9.50. The number of aromatic nitrogens is 3. The molecule has 0 spiro atoms. The van der Waals surface area contributed by atoms with Gasteiger partial charge in [-0.2, -0.15) is 0 Å². The van der Waals surface area contributed by atoms with E-state index in [1.54, 1.807) is 38.2 Å². The smallest absolute Gasteiger partial charge is 0.356 e. The summed E-state index contributed by atoms with van der Waals surface area (Å²) < 4.78 is 16.0. The summed E-state index contributed by atoms with van der Waals surface area (Å²) in [5.74, 6) is -1.35. The lowest BCUT2D eigenvalue weighted by atomic mass is 10.0. The van der Waals surface area contributed by atoms with E-state index in [1.165, 1.54) is 22.8 Å². The van der Waals surface area contributed by atoms with Crippen LogP contribution >= 0.6 is 11.6 Å². The Morgan fingerprint density at radius 1 is 1.14 bits per heavy atom. The Kier molecular flexibility index (Phi) is 6.25. The van der Waals surface area contributed by atoms with E-state index in [-0.39, 0.29) is 39.1 Å². The number of carboxylic acid groups (broad SMARTS) is 1. The van der Waals surface area contributed by atoms with E-state index in [0.29, 0.717) is 22.5 Å². The van der Waals surface area contributed by atoms with Crippen molar-refractivity contribution in [1.82, 2.24) is 14.5 Å². The molecule has 0 saturated heterocycles. The standard InChI is InChI=1S/C27H22ClFN4O4/c1-13(30-20-9-10-21(28)31-23(20)27(36)37)18-11-17(29)12-19-22(18)32-25(33(2)26(19)35)16-7-5-15(6-8-16)24(34)14-3-4-14/h5-14,30H,3-4H2,1-2H3,(H,36,37)/t13-/m1/s1. The number of aromatic carboxylic acids is 1. The molecular weight excluding hydrogens is 499 g/mol. The van der Waals surface area contributed by atoms with Crippen LogP contribution in [0.15, 0.2) is 53.3 Å². The van der Waals surface area contributed by atoms with Gasteiger partial charge in [0.05, 0.1) is 22.6 Å². The Morgan fingerprint density at radius 3 is 2.49 bits per heavy atom. The predicted octanol–water partition coefficient (Wildman–Crippen LogP) is 5.25. The number of carbonyl (C=O) groups is 2. The maximum atomic E-state index is 14.6. The van der Waals surface area contributed by atoms with Gasteiger partial charge in [0.2, 0.25) is 0 Å². The number of hydrogen-bond donors (Lipinski definition) is 2. The highest BCUT2D eigenvalue weighted by molar-refractivity contribution is 6.29. The van der Waals surface area contributed by atoms with Crippen molar-refractivity contribution in [1.29, 1.82) is 0 Å². The molecule has 0 amide bonds. The zero-order chi connectivity index (χ0) is 26.4. The van der Waals surface area contributed by atoms with Crippen molar-refractivity contribution in [2.45, 2.75) is 25.8 Å². The largest absolute Gasteiger partial charge is 0.476 e. The van der Waals surface area contributed by atoms with Crippen molar-refractivity contribution in [3.05, 3.63) is 86.7 Å². The quantitative estimate of drug-likeness (QED) is 0.252. The van der Waals surface area contributed by atoms with Gasteiger partial charge in [-0.05, 0) is 44.0 Å². The molecule has 1 aliphatic carbocycles. The van der Waals surface area contributed by atoms with Gasteiger partial charge in [0.15, 0.2) is 11.5 Å².